The van der Waals surface area contributed by atoms with Crippen LogP contribution >= 0.6 is 11.8 Å². The van der Waals surface area contributed by atoms with E-state index in [1.165, 1.54) is 25.6 Å². The van der Waals surface area contributed by atoms with Gasteiger partial charge in [-0.2, -0.15) is 13.2 Å². The predicted octanol–water partition coefficient (Wildman–Crippen LogP) is 5.83. The van der Waals surface area contributed by atoms with Gasteiger partial charge in [-0.1, -0.05) is 12.1 Å². The van der Waals surface area contributed by atoms with Crippen LogP contribution in [0.15, 0.2) is 65.8 Å². The van der Waals surface area contributed by atoms with Crippen molar-refractivity contribution in [2.24, 2.45) is 0 Å². The summed E-state index contributed by atoms with van der Waals surface area (Å²) in [6, 6.07) is 12.6. The molecule has 33 heavy (non-hydrogen) atoms. The third-order valence-electron chi connectivity index (χ3n) is 4.71. The summed E-state index contributed by atoms with van der Waals surface area (Å²) in [5.74, 6) is 0.893. The van der Waals surface area contributed by atoms with Crippen molar-refractivity contribution in [3.8, 4) is 17.1 Å². The fourth-order valence-electron chi connectivity index (χ4n) is 3.02. The third kappa shape index (κ3) is 7.21. The molecule has 0 aliphatic heterocycles. The highest BCUT2D eigenvalue weighted by molar-refractivity contribution is 7.99. The first-order chi connectivity index (χ1) is 15.8. The van der Waals surface area contributed by atoms with Crippen LogP contribution in [0.25, 0.3) is 11.4 Å². The van der Waals surface area contributed by atoms with Gasteiger partial charge in [0.15, 0.2) is 5.82 Å². The molecule has 1 atom stereocenters. The van der Waals surface area contributed by atoms with Gasteiger partial charge < -0.3 is 9.47 Å². The van der Waals surface area contributed by atoms with Crippen molar-refractivity contribution in [3.63, 3.8) is 0 Å². The maximum absolute atomic E-state index is 13.2. The fourth-order valence-corrected chi connectivity index (χ4v) is 4.12. The quantitative estimate of drug-likeness (QED) is 0.286. The minimum Gasteiger partial charge on any atom is -0.490 e. The molecule has 3 rings (SSSR count). The number of aromatic nitrogens is 2. The Hall–Kier alpha value is -3.07. The van der Waals surface area contributed by atoms with Gasteiger partial charge in [-0.25, -0.2) is 9.97 Å². The highest BCUT2D eigenvalue weighted by atomic mass is 32.2. The van der Waals surface area contributed by atoms with Crippen LogP contribution in [0.4, 0.5) is 13.2 Å². The van der Waals surface area contributed by atoms with E-state index < -0.39 is 11.7 Å². The average molecular weight is 477 g/mol. The van der Waals surface area contributed by atoms with Gasteiger partial charge >= 0.3 is 12.1 Å². The first kappa shape index (κ1) is 24.6. The Morgan fingerprint density at radius 1 is 1.09 bits per heavy atom. The number of hydrogen-bond donors (Lipinski definition) is 0. The van der Waals surface area contributed by atoms with Gasteiger partial charge in [-0.3, -0.25) is 4.79 Å². The van der Waals surface area contributed by atoms with E-state index in [1.807, 2.05) is 31.2 Å². The average Bonchev–Trinajstić information content (AvgIpc) is 2.79. The standard InChI is InChI=1S/C24H23F3N2O3S/c1-16(9-12-33-19-6-3-5-17(13-19)14-22(30)31-2)32-21-8-7-18(24(25,26)27)15-20(21)23-28-10-4-11-29-23/h3-8,10-11,13,15-16H,9,12,14H2,1-2H3. The highest BCUT2D eigenvalue weighted by Crippen LogP contribution is 2.36. The van der Waals surface area contributed by atoms with Crippen molar-refractivity contribution in [2.75, 3.05) is 12.9 Å². The molecular weight excluding hydrogens is 453 g/mol. The van der Waals surface area contributed by atoms with E-state index in [9.17, 15) is 18.0 Å². The number of esters is 1. The second-order valence-electron chi connectivity index (χ2n) is 7.25. The molecule has 174 valence electrons. The van der Waals surface area contributed by atoms with Gasteiger partial charge in [-0.15, -0.1) is 11.8 Å². The molecule has 1 unspecified atom stereocenters. The van der Waals surface area contributed by atoms with Gasteiger partial charge in [0.25, 0.3) is 0 Å². The molecule has 0 aliphatic rings. The first-order valence-corrected chi connectivity index (χ1v) is 11.2. The van der Waals surface area contributed by atoms with E-state index in [-0.39, 0.29) is 29.9 Å². The predicted molar refractivity (Wildman–Crippen MR) is 120 cm³/mol. The zero-order chi connectivity index (χ0) is 23.8. The summed E-state index contributed by atoms with van der Waals surface area (Å²) < 4.78 is 50.3. The number of thioether (sulfide) groups is 1. The SMILES string of the molecule is COC(=O)Cc1cccc(SCCC(C)Oc2ccc(C(F)(F)F)cc2-c2ncccn2)c1. The maximum Gasteiger partial charge on any atom is 0.416 e. The number of rotatable bonds is 9. The summed E-state index contributed by atoms with van der Waals surface area (Å²) in [6.07, 6.45) is -0.922. The molecule has 5 nitrogen and oxygen atoms in total. The Labute approximate surface area is 194 Å². The number of alkyl halides is 3. The van der Waals surface area contributed by atoms with E-state index in [2.05, 4.69) is 9.97 Å². The number of methoxy groups -OCH3 is 1. The molecule has 9 heteroatoms. The number of hydrogen-bond acceptors (Lipinski definition) is 6. The first-order valence-electron chi connectivity index (χ1n) is 10.2. The van der Waals surface area contributed by atoms with Crippen molar-refractivity contribution in [2.45, 2.75) is 36.9 Å². The van der Waals surface area contributed by atoms with Crippen LogP contribution in [-0.4, -0.2) is 34.9 Å². The van der Waals surface area contributed by atoms with Crippen LogP contribution in [0.3, 0.4) is 0 Å². The molecule has 1 aromatic heterocycles. The molecule has 0 saturated carbocycles. The van der Waals surface area contributed by atoms with E-state index in [0.717, 1.165) is 28.3 Å². The molecule has 0 amide bonds. The molecule has 0 radical (unpaired) electrons. The van der Waals surface area contributed by atoms with Gasteiger partial charge in [0.1, 0.15) is 5.75 Å². The van der Waals surface area contributed by atoms with E-state index in [4.69, 9.17) is 9.47 Å². The number of benzene rings is 2. The second kappa shape index (κ2) is 11.2. The lowest BCUT2D eigenvalue weighted by atomic mass is 10.1. The summed E-state index contributed by atoms with van der Waals surface area (Å²) in [6.45, 7) is 1.86. The number of ether oxygens (including phenoxy) is 2. The van der Waals surface area contributed by atoms with Gasteiger partial charge in [0, 0.05) is 23.0 Å². The number of carbonyl (C=O) groups is 1. The van der Waals surface area contributed by atoms with Crippen LogP contribution in [0, 0.1) is 0 Å². The molecule has 1 heterocycles. The molecule has 3 aromatic rings. The number of nitrogens with zero attached hydrogens (tertiary/aromatic N) is 2. The van der Waals surface area contributed by atoms with Crippen molar-refractivity contribution in [1.29, 1.82) is 0 Å². The molecule has 0 N–H and O–H groups in total. The number of carbonyl (C=O) groups excluding carboxylic acids is 1. The normalized spacial score (nSPS) is 12.3. The molecule has 0 spiro atoms. The smallest absolute Gasteiger partial charge is 0.416 e. The van der Waals surface area contributed by atoms with Gasteiger partial charge in [-0.05, 0) is 55.3 Å². The molecule has 2 aromatic carbocycles. The monoisotopic (exact) mass is 476 g/mol. The van der Waals surface area contributed by atoms with Crippen LogP contribution in [0.5, 0.6) is 5.75 Å². The summed E-state index contributed by atoms with van der Waals surface area (Å²) in [5, 5.41) is 0. The highest BCUT2D eigenvalue weighted by Gasteiger charge is 2.31. The zero-order valence-corrected chi connectivity index (χ0v) is 18.9. The van der Waals surface area contributed by atoms with Crippen molar-refractivity contribution in [1.82, 2.24) is 9.97 Å². The van der Waals surface area contributed by atoms with Crippen LogP contribution < -0.4 is 4.74 Å². The Balaban J connectivity index is 1.65. The van der Waals surface area contributed by atoms with E-state index >= 15 is 0 Å². The lowest BCUT2D eigenvalue weighted by Crippen LogP contribution is -2.14. The molecule has 0 aliphatic carbocycles. The Morgan fingerprint density at radius 3 is 2.55 bits per heavy atom. The van der Waals surface area contributed by atoms with Gasteiger partial charge in [0.05, 0.1) is 30.8 Å². The molecular formula is C24H23F3N2O3S. The van der Waals surface area contributed by atoms with Crippen molar-refractivity contribution < 1.29 is 27.4 Å². The van der Waals surface area contributed by atoms with Gasteiger partial charge in [0.2, 0.25) is 0 Å². The topological polar surface area (TPSA) is 61.3 Å². The summed E-state index contributed by atoms with van der Waals surface area (Å²) in [7, 11) is 1.36. The number of halogens is 3. The summed E-state index contributed by atoms with van der Waals surface area (Å²) in [4.78, 5) is 20.6. The second-order valence-corrected chi connectivity index (χ2v) is 8.42. The van der Waals surface area contributed by atoms with E-state index in [0.29, 0.717) is 12.2 Å². The summed E-state index contributed by atoms with van der Waals surface area (Å²) >= 11 is 1.61. The van der Waals surface area contributed by atoms with Crippen LogP contribution in [0.2, 0.25) is 0 Å². The largest absolute Gasteiger partial charge is 0.490 e. The van der Waals surface area contributed by atoms with Crippen LogP contribution in [0.1, 0.15) is 24.5 Å². The Kier molecular flexibility index (Phi) is 8.32. The minimum atomic E-state index is -4.48. The lowest BCUT2D eigenvalue weighted by molar-refractivity contribution is -0.140. The zero-order valence-electron chi connectivity index (χ0n) is 18.1. The van der Waals surface area contributed by atoms with E-state index in [1.54, 1.807) is 17.8 Å². The fraction of sp³-hybridized carbons (Fsp3) is 0.292. The van der Waals surface area contributed by atoms with Crippen molar-refractivity contribution >= 4 is 17.7 Å². The lowest BCUT2D eigenvalue weighted by Gasteiger charge is -2.18. The van der Waals surface area contributed by atoms with Crippen LogP contribution in [-0.2, 0) is 22.1 Å². The third-order valence-corrected chi connectivity index (χ3v) is 5.74. The molecule has 0 fully saturated rings. The molecule has 0 saturated heterocycles. The maximum atomic E-state index is 13.2. The Bertz CT molecular complexity index is 1080. The van der Waals surface area contributed by atoms with Crippen molar-refractivity contribution in [3.05, 3.63) is 72.1 Å². The minimum absolute atomic E-state index is 0.169. The molecule has 0 bridgehead atoms. The Morgan fingerprint density at radius 2 is 1.85 bits per heavy atom. The summed E-state index contributed by atoms with van der Waals surface area (Å²) in [5.41, 5.74) is 0.279.